The predicted octanol–water partition coefficient (Wildman–Crippen LogP) is 1.40. The molecule has 0 spiro atoms. The molecule has 12 nitrogen and oxygen atoms in total. The minimum absolute atomic E-state index is 0.00598. The second-order valence-electron chi connectivity index (χ2n) is 8.79. The van der Waals surface area contributed by atoms with E-state index < -0.39 is 17.8 Å². The number of halogens is 1. The third kappa shape index (κ3) is 11.7. The second-order valence-corrected chi connectivity index (χ2v) is 8.79. The lowest BCUT2D eigenvalue weighted by Crippen LogP contribution is -2.33. The second kappa shape index (κ2) is 16.8. The van der Waals surface area contributed by atoms with Crippen molar-refractivity contribution in [1.82, 2.24) is 19.8 Å². The van der Waals surface area contributed by atoms with Crippen LogP contribution in [0.3, 0.4) is 0 Å². The van der Waals surface area contributed by atoms with Crippen LogP contribution in [0.1, 0.15) is 32.4 Å². The fourth-order valence-corrected chi connectivity index (χ4v) is 3.84. The van der Waals surface area contributed by atoms with Gasteiger partial charge in [-0.05, 0) is 18.2 Å². The summed E-state index contributed by atoms with van der Waals surface area (Å²) < 4.78 is 36.7. The first-order valence-corrected chi connectivity index (χ1v) is 12.8. The Kier molecular flexibility index (Phi) is 13.1. The molecule has 0 bridgehead atoms. The first-order chi connectivity index (χ1) is 18.9. The summed E-state index contributed by atoms with van der Waals surface area (Å²) in [7, 11) is 0. The number of carboxylic acids is 2. The molecule has 0 unspecified atom stereocenters. The molecule has 39 heavy (non-hydrogen) atoms. The van der Waals surface area contributed by atoms with Crippen LogP contribution < -0.4 is 0 Å². The molecule has 13 heteroatoms. The smallest absolute Gasteiger partial charge is 0.354 e. The van der Waals surface area contributed by atoms with Gasteiger partial charge in [-0.2, -0.15) is 0 Å². The van der Waals surface area contributed by atoms with E-state index in [-0.39, 0.29) is 17.9 Å². The molecule has 1 saturated heterocycles. The van der Waals surface area contributed by atoms with Gasteiger partial charge in [0.2, 0.25) is 0 Å². The molecule has 3 heterocycles. The summed E-state index contributed by atoms with van der Waals surface area (Å²) in [4.78, 5) is 34.7. The van der Waals surface area contributed by atoms with Crippen molar-refractivity contribution in [3.63, 3.8) is 0 Å². The summed E-state index contributed by atoms with van der Waals surface area (Å²) in [5.41, 5.74) is 0.639. The van der Waals surface area contributed by atoms with Gasteiger partial charge in [-0.1, -0.05) is 6.07 Å². The molecule has 0 radical (unpaired) electrons. The fourth-order valence-electron chi connectivity index (χ4n) is 3.84. The summed E-state index contributed by atoms with van der Waals surface area (Å²) in [5.74, 6) is -3.00. The Hall–Kier alpha value is -3.07. The topological polar surface area (TPSA) is 144 Å². The standard InChI is InChI=1S/C26H35FN4O8/c27-20-16-22(29-24(17-20)26(34)35)19-31-6-10-38-14-12-36-8-4-30(5-9-37-13-15-39-11-7-31)18-21-2-1-3-23(28-21)25(32)33/h1-3,16-17H,4-15,18-19H2,(H,32,33)(H,34,35). The number of hydrogen-bond acceptors (Lipinski definition) is 10. The number of hydrogen-bond donors (Lipinski definition) is 2. The average Bonchev–Trinajstić information content (AvgIpc) is 2.90. The summed E-state index contributed by atoms with van der Waals surface area (Å²) in [6.07, 6.45) is 0. The summed E-state index contributed by atoms with van der Waals surface area (Å²) in [6, 6.07) is 7.05. The Balaban J connectivity index is 1.50. The SMILES string of the molecule is O=C(O)c1cccc(CN2CCOCCOCCN(Cc3cc(F)cc(C(=O)O)n3)CCOCCOCC2)n1. The highest BCUT2D eigenvalue weighted by Gasteiger charge is 2.14. The quantitative estimate of drug-likeness (QED) is 0.536. The normalized spacial score (nSPS) is 18.2. The van der Waals surface area contributed by atoms with Crippen molar-refractivity contribution < 1.29 is 43.1 Å². The van der Waals surface area contributed by atoms with Crippen molar-refractivity contribution in [3.05, 3.63) is 58.9 Å². The monoisotopic (exact) mass is 550 g/mol. The average molecular weight is 551 g/mol. The maximum atomic E-state index is 13.9. The van der Waals surface area contributed by atoms with E-state index in [0.29, 0.717) is 97.0 Å². The molecule has 0 aromatic carbocycles. The summed E-state index contributed by atoms with van der Waals surface area (Å²) >= 11 is 0. The van der Waals surface area contributed by atoms with Gasteiger partial charge >= 0.3 is 11.9 Å². The van der Waals surface area contributed by atoms with Crippen LogP contribution in [-0.2, 0) is 32.0 Å². The Labute approximate surface area is 226 Å². The van der Waals surface area contributed by atoms with Crippen LogP contribution in [0.2, 0.25) is 0 Å². The molecule has 2 aromatic heterocycles. The van der Waals surface area contributed by atoms with Gasteiger partial charge in [0.1, 0.15) is 11.5 Å². The van der Waals surface area contributed by atoms with Crippen LogP contribution in [0.25, 0.3) is 0 Å². The number of nitrogens with zero attached hydrogens (tertiary/aromatic N) is 4. The molecule has 3 rings (SSSR count). The molecule has 0 saturated carbocycles. The molecule has 0 atom stereocenters. The Bertz CT molecular complexity index is 1040. The van der Waals surface area contributed by atoms with Gasteiger partial charge in [0.25, 0.3) is 0 Å². The molecular weight excluding hydrogens is 515 g/mol. The van der Waals surface area contributed by atoms with Crippen LogP contribution in [0.15, 0.2) is 30.3 Å². The third-order valence-electron chi connectivity index (χ3n) is 5.81. The van der Waals surface area contributed by atoms with Gasteiger partial charge in [-0.3, -0.25) is 9.80 Å². The zero-order chi connectivity index (χ0) is 27.9. The molecule has 2 aromatic rings. The van der Waals surface area contributed by atoms with Gasteiger partial charge in [0.05, 0.1) is 64.2 Å². The number of carboxylic acid groups (broad SMARTS) is 2. The summed E-state index contributed by atoms with van der Waals surface area (Å²) in [6.45, 7) is 6.20. The first-order valence-electron chi connectivity index (χ1n) is 12.8. The highest BCUT2D eigenvalue weighted by Crippen LogP contribution is 2.09. The lowest BCUT2D eigenvalue weighted by atomic mass is 10.2. The van der Waals surface area contributed by atoms with E-state index >= 15 is 0 Å². The van der Waals surface area contributed by atoms with Crippen LogP contribution in [0, 0.1) is 5.82 Å². The van der Waals surface area contributed by atoms with E-state index in [4.69, 9.17) is 24.1 Å². The van der Waals surface area contributed by atoms with Crippen molar-refractivity contribution in [1.29, 1.82) is 0 Å². The number of ether oxygens (including phenoxy) is 4. The molecular formula is C26H35FN4O8. The molecule has 1 aliphatic heterocycles. The predicted molar refractivity (Wildman–Crippen MR) is 136 cm³/mol. The van der Waals surface area contributed by atoms with Crippen LogP contribution in [-0.4, -0.2) is 121 Å². The van der Waals surface area contributed by atoms with E-state index in [0.717, 1.165) is 6.07 Å². The Morgan fingerprint density at radius 1 is 0.692 bits per heavy atom. The Morgan fingerprint density at radius 3 is 1.64 bits per heavy atom. The van der Waals surface area contributed by atoms with Crippen LogP contribution >= 0.6 is 0 Å². The zero-order valence-corrected chi connectivity index (χ0v) is 21.8. The van der Waals surface area contributed by atoms with E-state index in [2.05, 4.69) is 14.9 Å². The minimum Gasteiger partial charge on any atom is -0.477 e. The lowest BCUT2D eigenvalue weighted by molar-refractivity contribution is 0.00596. The van der Waals surface area contributed by atoms with Crippen molar-refractivity contribution in [3.8, 4) is 0 Å². The molecule has 1 fully saturated rings. The van der Waals surface area contributed by atoms with Crippen molar-refractivity contribution in [2.24, 2.45) is 0 Å². The van der Waals surface area contributed by atoms with Crippen molar-refractivity contribution in [2.45, 2.75) is 13.1 Å². The van der Waals surface area contributed by atoms with Gasteiger partial charge < -0.3 is 29.2 Å². The highest BCUT2D eigenvalue weighted by atomic mass is 19.1. The highest BCUT2D eigenvalue weighted by molar-refractivity contribution is 5.85. The van der Waals surface area contributed by atoms with Crippen LogP contribution in [0.4, 0.5) is 4.39 Å². The fraction of sp³-hybridized carbons (Fsp3) is 0.538. The van der Waals surface area contributed by atoms with Gasteiger partial charge in [0, 0.05) is 45.3 Å². The van der Waals surface area contributed by atoms with E-state index in [9.17, 15) is 19.1 Å². The number of pyridine rings is 2. The van der Waals surface area contributed by atoms with E-state index in [1.165, 1.54) is 12.1 Å². The van der Waals surface area contributed by atoms with Crippen LogP contribution in [0.5, 0.6) is 0 Å². The van der Waals surface area contributed by atoms with Gasteiger partial charge in [-0.25, -0.2) is 23.9 Å². The van der Waals surface area contributed by atoms with E-state index in [1.807, 2.05) is 4.90 Å². The maximum absolute atomic E-state index is 13.9. The molecule has 1 aliphatic rings. The van der Waals surface area contributed by atoms with Gasteiger partial charge in [-0.15, -0.1) is 0 Å². The third-order valence-corrected chi connectivity index (χ3v) is 5.81. The molecule has 0 aliphatic carbocycles. The first kappa shape index (κ1) is 30.5. The number of carbonyl (C=O) groups is 2. The largest absolute Gasteiger partial charge is 0.477 e. The zero-order valence-electron chi connectivity index (χ0n) is 21.8. The van der Waals surface area contributed by atoms with E-state index in [1.54, 1.807) is 12.1 Å². The van der Waals surface area contributed by atoms with Crippen molar-refractivity contribution >= 4 is 11.9 Å². The molecule has 2 N–H and O–H groups in total. The molecule has 214 valence electrons. The summed E-state index contributed by atoms with van der Waals surface area (Å²) in [5, 5.41) is 18.4. The minimum atomic E-state index is -1.28. The lowest BCUT2D eigenvalue weighted by Gasteiger charge is -2.23. The number of rotatable bonds is 6. The molecule has 0 amide bonds. The number of aromatic carboxylic acids is 2. The number of aromatic nitrogens is 2. The maximum Gasteiger partial charge on any atom is 0.354 e. The Morgan fingerprint density at radius 2 is 1.15 bits per heavy atom. The van der Waals surface area contributed by atoms with Crippen molar-refractivity contribution in [2.75, 3.05) is 79.0 Å². The van der Waals surface area contributed by atoms with Gasteiger partial charge in [0.15, 0.2) is 5.69 Å².